The van der Waals surface area contributed by atoms with Crippen LogP contribution in [0.1, 0.15) is 33.6 Å². The van der Waals surface area contributed by atoms with E-state index >= 15 is 0 Å². The molecule has 0 aromatic carbocycles. The van der Waals surface area contributed by atoms with Gasteiger partial charge in [-0.2, -0.15) is 13.2 Å². The molecule has 74 valence electrons. The highest BCUT2D eigenvalue weighted by molar-refractivity contribution is 4.75. The van der Waals surface area contributed by atoms with Crippen LogP contribution in [0.25, 0.3) is 0 Å². The highest BCUT2D eigenvalue weighted by Gasteiger charge is 2.40. The first-order valence-electron chi connectivity index (χ1n) is 3.94. The molecule has 0 radical (unpaired) electrons. The Bertz CT molecular complexity index is 140. The number of aliphatic hydroxyl groups excluding tert-OH is 1. The lowest BCUT2D eigenvalue weighted by molar-refractivity contribution is -0.211. The zero-order valence-corrected chi connectivity index (χ0v) is 7.57. The van der Waals surface area contributed by atoms with Crippen molar-refractivity contribution in [2.75, 3.05) is 0 Å². The second-order valence-corrected chi connectivity index (χ2v) is 3.78. The van der Waals surface area contributed by atoms with Crippen molar-refractivity contribution in [3.05, 3.63) is 0 Å². The summed E-state index contributed by atoms with van der Waals surface area (Å²) in [7, 11) is 0. The Labute approximate surface area is 70.6 Å². The molecule has 0 aliphatic carbocycles. The smallest absolute Gasteiger partial charge is 0.384 e. The van der Waals surface area contributed by atoms with Gasteiger partial charge in [0.25, 0.3) is 0 Å². The fourth-order valence-electron chi connectivity index (χ4n) is 0.783. The lowest BCUT2D eigenvalue weighted by Gasteiger charge is -2.26. The molecule has 0 rings (SSSR count). The average Bonchev–Trinajstić information content (AvgIpc) is 1.85. The summed E-state index contributed by atoms with van der Waals surface area (Å²) in [5.74, 6) is 0. The zero-order chi connectivity index (χ0) is 9.99. The summed E-state index contributed by atoms with van der Waals surface area (Å²) in [6.45, 7) is 5.23. The van der Waals surface area contributed by atoms with E-state index in [4.69, 9.17) is 5.11 Å². The molecule has 0 spiro atoms. The van der Waals surface area contributed by atoms with Crippen molar-refractivity contribution in [3.8, 4) is 0 Å². The molecule has 1 N–H and O–H groups in total. The number of hydrogen-bond donors (Lipinski definition) is 1. The van der Waals surface area contributed by atoms with Gasteiger partial charge in [-0.15, -0.1) is 0 Å². The van der Waals surface area contributed by atoms with Gasteiger partial charge in [0.1, 0.15) is 6.10 Å². The molecule has 0 aromatic rings. The minimum Gasteiger partial charge on any atom is -0.384 e. The predicted molar refractivity (Wildman–Crippen MR) is 40.8 cm³/mol. The lowest BCUT2D eigenvalue weighted by Crippen LogP contribution is -2.33. The monoisotopic (exact) mass is 184 g/mol. The quantitative estimate of drug-likeness (QED) is 0.715. The van der Waals surface area contributed by atoms with Crippen molar-refractivity contribution in [1.29, 1.82) is 0 Å². The normalized spacial score (nSPS) is 16.2. The number of rotatable bonds is 3. The maximum atomic E-state index is 11.9. The molecular formula is C8H15F3O. The van der Waals surface area contributed by atoms with Crippen LogP contribution in [0.5, 0.6) is 0 Å². The number of aliphatic hydroxyl groups is 1. The summed E-state index contributed by atoms with van der Waals surface area (Å²) in [5, 5.41) is 8.73. The van der Waals surface area contributed by atoms with Crippen LogP contribution in [0.15, 0.2) is 0 Å². The van der Waals surface area contributed by atoms with E-state index in [0.29, 0.717) is 6.42 Å². The first kappa shape index (κ1) is 11.8. The van der Waals surface area contributed by atoms with Crippen molar-refractivity contribution in [2.24, 2.45) is 5.41 Å². The molecule has 0 bridgehead atoms. The molecule has 0 aliphatic heterocycles. The second-order valence-electron chi connectivity index (χ2n) is 3.78. The van der Waals surface area contributed by atoms with Crippen LogP contribution in [0.3, 0.4) is 0 Å². The summed E-state index contributed by atoms with van der Waals surface area (Å²) >= 11 is 0. The van der Waals surface area contributed by atoms with Crippen LogP contribution in [0, 0.1) is 5.41 Å². The number of alkyl halides is 3. The predicted octanol–water partition coefficient (Wildman–Crippen LogP) is 2.74. The van der Waals surface area contributed by atoms with E-state index in [-0.39, 0.29) is 6.42 Å². The lowest BCUT2D eigenvalue weighted by atomic mass is 9.84. The molecule has 0 fully saturated rings. The second kappa shape index (κ2) is 3.64. The summed E-state index contributed by atoms with van der Waals surface area (Å²) in [4.78, 5) is 0. The first-order valence-corrected chi connectivity index (χ1v) is 3.94. The highest BCUT2D eigenvalue weighted by Crippen LogP contribution is 2.32. The van der Waals surface area contributed by atoms with Gasteiger partial charge in [-0.1, -0.05) is 27.2 Å². The Hall–Kier alpha value is -0.250. The van der Waals surface area contributed by atoms with Crippen molar-refractivity contribution < 1.29 is 18.3 Å². The molecule has 0 amide bonds. The molecule has 4 heteroatoms. The van der Waals surface area contributed by atoms with Gasteiger partial charge in [0.05, 0.1) is 0 Å². The maximum Gasteiger partial charge on any atom is 0.414 e. The van der Waals surface area contributed by atoms with E-state index in [1.807, 2.05) is 6.92 Å². The summed E-state index contributed by atoms with van der Waals surface area (Å²) in [5.41, 5.74) is -0.449. The standard InChI is InChI=1S/C8H15F3O/c1-4-7(2,3)5-6(12)8(9,10)11/h6,12H,4-5H2,1-3H3. The van der Waals surface area contributed by atoms with E-state index in [0.717, 1.165) is 0 Å². The molecule has 12 heavy (non-hydrogen) atoms. The first-order chi connectivity index (χ1) is 5.19. The van der Waals surface area contributed by atoms with Gasteiger partial charge in [0.2, 0.25) is 0 Å². The third-order valence-electron chi connectivity index (χ3n) is 2.08. The van der Waals surface area contributed by atoms with Crippen molar-refractivity contribution >= 4 is 0 Å². The van der Waals surface area contributed by atoms with Crippen LogP contribution in [0.4, 0.5) is 13.2 Å². The van der Waals surface area contributed by atoms with Crippen molar-refractivity contribution in [3.63, 3.8) is 0 Å². The van der Waals surface area contributed by atoms with Crippen LogP contribution in [-0.2, 0) is 0 Å². The van der Waals surface area contributed by atoms with Gasteiger partial charge in [-0.25, -0.2) is 0 Å². The average molecular weight is 184 g/mol. The Morgan fingerprint density at radius 2 is 1.67 bits per heavy atom. The summed E-state index contributed by atoms with van der Waals surface area (Å²) in [6.07, 6.45) is -6.27. The fraction of sp³-hybridized carbons (Fsp3) is 1.00. The Morgan fingerprint density at radius 3 is 1.92 bits per heavy atom. The maximum absolute atomic E-state index is 11.9. The zero-order valence-electron chi connectivity index (χ0n) is 7.57. The SMILES string of the molecule is CCC(C)(C)CC(O)C(F)(F)F. The summed E-state index contributed by atoms with van der Waals surface area (Å²) in [6, 6.07) is 0. The minimum absolute atomic E-state index is 0.229. The van der Waals surface area contributed by atoms with Crippen molar-refractivity contribution in [2.45, 2.75) is 45.9 Å². The number of halogens is 3. The van der Waals surface area contributed by atoms with E-state index in [1.165, 1.54) is 0 Å². The van der Waals surface area contributed by atoms with Crippen molar-refractivity contribution in [1.82, 2.24) is 0 Å². The van der Waals surface area contributed by atoms with E-state index in [1.54, 1.807) is 13.8 Å². The van der Waals surface area contributed by atoms with Gasteiger partial charge in [0, 0.05) is 0 Å². The van der Waals surface area contributed by atoms with Gasteiger partial charge < -0.3 is 5.11 Å². The molecule has 1 atom stereocenters. The topological polar surface area (TPSA) is 20.2 Å². The Kier molecular flexibility index (Phi) is 3.57. The van der Waals surface area contributed by atoms with Crippen LogP contribution in [-0.4, -0.2) is 17.4 Å². The molecule has 0 heterocycles. The van der Waals surface area contributed by atoms with Crippen LogP contribution >= 0.6 is 0 Å². The third-order valence-corrected chi connectivity index (χ3v) is 2.08. The molecule has 1 unspecified atom stereocenters. The molecule has 0 aromatic heterocycles. The molecular weight excluding hydrogens is 169 g/mol. The Balaban J connectivity index is 4.09. The third kappa shape index (κ3) is 3.95. The molecule has 0 aliphatic rings. The number of hydrogen-bond acceptors (Lipinski definition) is 1. The largest absolute Gasteiger partial charge is 0.414 e. The van der Waals surface area contributed by atoms with Crippen LogP contribution in [0.2, 0.25) is 0 Å². The van der Waals surface area contributed by atoms with Gasteiger partial charge in [-0.05, 0) is 11.8 Å². The molecule has 0 saturated carbocycles. The van der Waals surface area contributed by atoms with Gasteiger partial charge >= 0.3 is 6.18 Å². The van der Waals surface area contributed by atoms with E-state index in [9.17, 15) is 13.2 Å². The van der Waals surface area contributed by atoms with E-state index in [2.05, 4.69) is 0 Å². The molecule has 0 saturated heterocycles. The van der Waals surface area contributed by atoms with Gasteiger partial charge in [0.15, 0.2) is 0 Å². The highest BCUT2D eigenvalue weighted by atomic mass is 19.4. The Morgan fingerprint density at radius 1 is 1.25 bits per heavy atom. The minimum atomic E-state index is -4.48. The van der Waals surface area contributed by atoms with Crippen LogP contribution < -0.4 is 0 Å². The molecule has 1 nitrogen and oxygen atoms in total. The fourth-order valence-corrected chi connectivity index (χ4v) is 0.783. The van der Waals surface area contributed by atoms with E-state index < -0.39 is 17.7 Å². The van der Waals surface area contributed by atoms with Gasteiger partial charge in [-0.3, -0.25) is 0 Å². The summed E-state index contributed by atoms with van der Waals surface area (Å²) < 4.78 is 35.6.